The van der Waals surface area contributed by atoms with Gasteiger partial charge in [-0.15, -0.1) is 0 Å². The van der Waals surface area contributed by atoms with Gasteiger partial charge in [-0.05, 0) is 35.4 Å². The van der Waals surface area contributed by atoms with Gasteiger partial charge in [0.05, 0.1) is 17.8 Å². The van der Waals surface area contributed by atoms with Gasteiger partial charge in [0.25, 0.3) is 11.6 Å². The van der Waals surface area contributed by atoms with Gasteiger partial charge in [-0.25, -0.2) is 13.8 Å². The Kier molecular flexibility index (Phi) is 8.29. The summed E-state index contributed by atoms with van der Waals surface area (Å²) in [6.45, 7) is 1.40. The summed E-state index contributed by atoms with van der Waals surface area (Å²) in [6, 6.07) is 14.6. The number of anilines is 2. The number of rotatable bonds is 11. The number of amides is 1. The van der Waals surface area contributed by atoms with Crippen LogP contribution in [0.1, 0.15) is 21.5 Å². The highest BCUT2D eigenvalue weighted by Crippen LogP contribution is 2.33. The molecule has 0 aliphatic carbocycles. The lowest BCUT2D eigenvalue weighted by atomic mass is 10.2. The minimum Gasteiger partial charge on any atom is -0.454 e. The second kappa shape index (κ2) is 12.6. The third kappa shape index (κ3) is 6.47. The summed E-state index contributed by atoms with van der Waals surface area (Å²) < 4.78 is 40.1. The van der Waals surface area contributed by atoms with E-state index in [1.54, 1.807) is 37.5 Å². The van der Waals surface area contributed by atoms with Crippen LogP contribution in [0.15, 0.2) is 67.0 Å². The van der Waals surface area contributed by atoms with Crippen LogP contribution in [0, 0.1) is 21.7 Å². The standard InChI is InChI=1S/C31H28F2N8O5/c1-38(30(42)21-12-22(32)14-23(33)13-21)9-10-39(2)31-36-28(34-15-20-5-8-25-26(11-20)46-18-45-25)27-29(37-31)40(17-35-27)16-19-3-6-24(7-4-19)41(43)44/h3-8,11-14,17H,9-10,15-16,18H2,1-2H3,(H,34,36,37). The first kappa shape index (κ1) is 30.2. The largest absolute Gasteiger partial charge is 0.454 e. The number of fused-ring (bicyclic) bond motifs is 2. The molecule has 0 bridgehead atoms. The molecule has 5 aromatic rings. The highest BCUT2D eigenvalue weighted by molar-refractivity contribution is 5.94. The molecule has 0 atom stereocenters. The molecular weight excluding hydrogens is 602 g/mol. The van der Waals surface area contributed by atoms with Gasteiger partial charge < -0.3 is 29.2 Å². The van der Waals surface area contributed by atoms with Crippen molar-refractivity contribution < 1.29 is 28.0 Å². The molecule has 0 spiro atoms. The molecule has 15 heteroatoms. The molecule has 0 radical (unpaired) electrons. The van der Waals surface area contributed by atoms with Crippen LogP contribution in [0.4, 0.5) is 26.2 Å². The maximum atomic E-state index is 13.7. The number of imidazole rings is 1. The lowest BCUT2D eigenvalue weighted by Gasteiger charge is -2.23. The lowest BCUT2D eigenvalue weighted by Crippen LogP contribution is -2.35. The third-order valence-corrected chi connectivity index (χ3v) is 7.42. The Bertz CT molecular complexity index is 1910. The molecule has 1 aliphatic heterocycles. The molecule has 1 aliphatic rings. The minimum atomic E-state index is -0.832. The molecule has 236 valence electrons. The summed E-state index contributed by atoms with van der Waals surface area (Å²) in [5.41, 5.74) is 2.66. The number of non-ortho nitro benzene ring substituents is 1. The van der Waals surface area contributed by atoms with Crippen molar-refractivity contribution >= 4 is 34.5 Å². The van der Waals surface area contributed by atoms with Gasteiger partial charge in [0.1, 0.15) is 11.6 Å². The predicted octanol–water partition coefficient (Wildman–Crippen LogP) is 4.61. The monoisotopic (exact) mass is 630 g/mol. The van der Waals surface area contributed by atoms with Crippen molar-refractivity contribution in [2.24, 2.45) is 0 Å². The predicted molar refractivity (Wildman–Crippen MR) is 164 cm³/mol. The normalized spacial score (nSPS) is 11.9. The number of nitrogens with zero attached hydrogens (tertiary/aromatic N) is 7. The van der Waals surface area contributed by atoms with Crippen molar-refractivity contribution in [3.05, 3.63) is 105 Å². The fourth-order valence-electron chi connectivity index (χ4n) is 4.90. The number of carbonyl (C=O) groups excluding carboxylic acids is 1. The average Bonchev–Trinajstić information content (AvgIpc) is 3.68. The Balaban J connectivity index is 1.25. The number of ether oxygens (including phenoxy) is 2. The Morgan fingerprint density at radius 2 is 1.70 bits per heavy atom. The fourth-order valence-corrected chi connectivity index (χ4v) is 4.90. The summed E-state index contributed by atoms with van der Waals surface area (Å²) in [4.78, 5) is 40.7. The minimum absolute atomic E-state index is 0.00791. The number of nitro benzene ring substituents is 1. The number of carbonyl (C=O) groups is 1. The van der Waals surface area contributed by atoms with E-state index in [2.05, 4.69) is 10.3 Å². The number of hydrogen-bond donors (Lipinski definition) is 1. The topological polar surface area (TPSA) is 141 Å². The number of likely N-dealkylation sites (N-methyl/N-ethyl adjacent to an activating group) is 2. The zero-order valence-corrected chi connectivity index (χ0v) is 24.8. The van der Waals surface area contributed by atoms with Gasteiger partial charge in [-0.1, -0.05) is 18.2 Å². The molecule has 3 heterocycles. The van der Waals surface area contributed by atoms with Crippen molar-refractivity contribution in [3.8, 4) is 11.5 Å². The summed E-state index contributed by atoms with van der Waals surface area (Å²) >= 11 is 0. The summed E-state index contributed by atoms with van der Waals surface area (Å²) in [5, 5.41) is 14.4. The van der Waals surface area contributed by atoms with E-state index in [1.165, 1.54) is 17.0 Å². The van der Waals surface area contributed by atoms with Crippen molar-refractivity contribution in [1.82, 2.24) is 24.4 Å². The molecule has 13 nitrogen and oxygen atoms in total. The zero-order chi connectivity index (χ0) is 32.4. The SMILES string of the molecule is CN(CCN(C)c1nc(NCc2ccc3c(c2)OCO3)c2ncn(Cc3ccc([N+](=O)[O-])cc3)c2n1)C(=O)c1cc(F)cc(F)c1. The number of benzene rings is 3. The van der Waals surface area contributed by atoms with Crippen LogP contribution in [0.3, 0.4) is 0 Å². The molecule has 46 heavy (non-hydrogen) atoms. The van der Waals surface area contributed by atoms with Gasteiger partial charge >= 0.3 is 0 Å². The Morgan fingerprint density at radius 3 is 2.43 bits per heavy atom. The molecule has 0 unspecified atom stereocenters. The quantitative estimate of drug-likeness (QED) is 0.163. The van der Waals surface area contributed by atoms with Crippen LogP contribution in [-0.2, 0) is 13.1 Å². The number of halogens is 2. The second-order valence-electron chi connectivity index (χ2n) is 10.7. The highest BCUT2D eigenvalue weighted by atomic mass is 19.1. The van der Waals surface area contributed by atoms with Gasteiger partial charge in [-0.3, -0.25) is 14.9 Å². The Hall–Kier alpha value is -5.86. The molecule has 1 N–H and O–H groups in total. The van der Waals surface area contributed by atoms with E-state index < -0.39 is 22.5 Å². The molecule has 0 saturated carbocycles. The molecule has 3 aromatic carbocycles. The smallest absolute Gasteiger partial charge is 0.269 e. The number of aromatic nitrogens is 4. The second-order valence-corrected chi connectivity index (χ2v) is 10.7. The van der Waals surface area contributed by atoms with E-state index in [-0.39, 0.29) is 24.6 Å². The maximum absolute atomic E-state index is 13.7. The van der Waals surface area contributed by atoms with Crippen molar-refractivity contribution in [3.63, 3.8) is 0 Å². The Morgan fingerprint density at radius 1 is 0.978 bits per heavy atom. The van der Waals surface area contributed by atoms with Crippen molar-refractivity contribution in [1.29, 1.82) is 0 Å². The summed E-state index contributed by atoms with van der Waals surface area (Å²) in [5.74, 6) is -0.0677. The van der Waals surface area contributed by atoms with Crippen LogP contribution >= 0.6 is 0 Å². The van der Waals surface area contributed by atoms with Crippen LogP contribution in [-0.4, -0.2) is 69.2 Å². The van der Waals surface area contributed by atoms with E-state index >= 15 is 0 Å². The molecule has 1 amide bonds. The molecule has 6 rings (SSSR count). The fraction of sp³-hybridized carbons (Fsp3) is 0.226. The first-order chi connectivity index (χ1) is 22.1. The Labute approximate surface area is 261 Å². The van der Waals surface area contributed by atoms with Crippen LogP contribution in [0.5, 0.6) is 11.5 Å². The zero-order valence-electron chi connectivity index (χ0n) is 24.8. The van der Waals surface area contributed by atoms with E-state index in [1.807, 2.05) is 22.8 Å². The van der Waals surface area contributed by atoms with E-state index in [4.69, 9.17) is 19.4 Å². The third-order valence-electron chi connectivity index (χ3n) is 7.42. The molecule has 0 fully saturated rings. The van der Waals surface area contributed by atoms with Gasteiger partial charge in [-0.2, -0.15) is 9.97 Å². The molecule has 2 aromatic heterocycles. The van der Waals surface area contributed by atoms with Gasteiger partial charge in [0.15, 0.2) is 28.5 Å². The summed E-state index contributed by atoms with van der Waals surface area (Å²) in [6.07, 6.45) is 1.63. The number of hydrogen-bond acceptors (Lipinski definition) is 10. The maximum Gasteiger partial charge on any atom is 0.269 e. The average molecular weight is 631 g/mol. The molecule has 0 saturated heterocycles. The lowest BCUT2D eigenvalue weighted by molar-refractivity contribution is -0.384. The van der Waals surface area contributed by atoms with E-state index in [0.717, 1.165) is 23.3 Å². The van der Waals surface area contributed by atoms with Crippen LogP contribution in [0.25, 0.3) is 11.2 Å². The van der Waals surface area contributed by atoms with Crippen LogP contribution < -0.4 is 19.7 Å². The first-order valence-corrected chi connectivity index (χ1v) is 14.2. The molecular formula is C31H28F2N8O5. The highest BCUT2D eigenvalue weighted by Gasteiger charge is 2.19. The first-order valence-electron chi connectivity index (χ1n) is 14.2. The van der Waals surface area contributed by atoms with Crippen molar-refractivity contribution in [2.75, 3.05) is 44.2 Å². The van der Waals surface area contributed by atoms with Gasteiger partial charge in [0.2, 0.25) is 12.7 Å². The van der Waals surface area contributed by atoms with Gasteiger partial charge in [0, 0.05) is 57.5 Å². The van der Waals surface area contributed by atoms with Crippen LogP contribution in [0.2, 0.25) is 0 Å². The van der Waals surface area contributed by atoms with E-state index in [0.29, 0.717) is 60.1 Å². The van der Waals surface area contributed by atoms with E-state index in [9.17, 15) is 23.7 Å². The number of nitro groups is 1. The summed E-state index contributed by atoms with van der Waals surface area (Å²) in [7, 11) is 3.31. The van der Waals surface area contributed by atoms with Crippen molar-refractivity contribution in [2.45, 2.75) is 13.1 Å². The number of nitrogens with one attached hydrogen (secondary N) is 1.